The van der Waals surface area contributed by atoms with Crippen molar-refractivity contribution in [1.82, 2.24) is 4.98 Å². The summed E-state index contributed by atoms with van der Waals surface area (Å²) >= 11 is 1.59. The third-order valence-electron chi connectivity index (χ3n) is 3.13. The van der Waals surface area contributed by atoms with Crippen LogP contribution in [0.5, 0.6) is 0 Å². The Labute approximate surface area is 111 Å². The lowest BCUT2D eigenvalue weighted by atomic mass is 10.1. The van der Waals surface area contributed by atoms with Gasteiger partial charge in [-0.25, -0.2) is 9.78 Å². The number of aromatic nitrogens is 1. The van der Waals surface area contributed by atoms with E-state index in [2.05, 4.69) is 9.88 Å². The number of aliphatic carboxylic acids is 1. The van der Waals surface area contributed by atoms with Crippen molar-refractivity contribution in [1.29, 1.82) is 0 Å². The molecule has 5 heteroatoms. The number of aryl methyl sites for hydroxylation is 1. The van der Waals surface area contributed by atoms with E-state index < -0.39 is 5.97 Å². The maximum Gasteiger partial charge on any atom is 0.331 e. The van der Waals surface area contributed by atoms with Crippen molar-refractivity contribution in [3.05, 3.63) is 16.1 Å². The van der Waals surface area contributed by atoms with Crippen LogP contribution in [0, 0.1) is 6.92 Å². The van der Waals surface area contributed by atoms with E-state index in [-0.39, 0.29) is 0 Å². The number of carbonyl (C=O) groups is 1. The third kappa shape index (κ3) is 2.90. The number of rotatable bonds is 3. The molecule has 1 fully saturated rings. The molecule has 1 aromatic rings. The summed E-state index contributed by atoms with van der Waals surface area (Å²) < 4.78 is 0. The van der Waals surface area contributed by atoms with E-state index >= 15 is 0 Å². The van der Waals surface area contributed by atoms with Gasteiger partial charge in [0.2, 0.25) is 0 Å². The maximum absolute atomic E-state index is 10.8. The molecule has 0 atom stereocenters. The van der Waals surface area contributed by atoms with Gasteiger partial charge in [-0.3, -0.25) is 0 Å². The molecule has 0 radical (unpaired) electrons. The molecule has 1 aliphatic rings. The summed E-state index contributed by atoms with van der Waals surface area (Å²) in [5, 5.41) is 9.92. The zero-order chi connectivity index (χ0) is 13.1. The Kier molecular flexibility index (Phi) is 4.01. The van der Waals surface area contributed by atoms with E-state index in [4.69, 9.17) is 5.11 Å². The van der Waals surface area contributed by atoms with Crippen LogP contribution in [0.1, 0.15) is 36.8 Å². The van der Waals surface area contributed by atoms with Crippen molar-refractivity contribution < 1.29 is 9.90 Å². The molecule has 0 amide bonds. The average Bonchev–Trinajstić information content (AvgIpc) is 2.72. The molecule has 0 bridgehead atoms. The van der Waals surface area contributed by atoms with Gasteiger partial charge in [0.25, 0.3) is 0 Å². The van der Waals surface area contributed by atoms with Crippen molar-refractivity contribution in [3.63, 3.8) is 0 Å². The highest BCUT2D eigenvalue weighted by molar-refractivity contribution is 7.16. The quantitative estimate of drug-likeness (QED) is 0.855. The van der Waals surface area contributed by atoms with Crippen molar-refractivity contribution in [2.24, 2.45) is 0 Å². The number of thiazole rings is 1. The normalized spacial score (nSPS) is 17.0. The first-order chi connectivity index (χ1) is 8.58. The van der Waals surface area contributed by atoms with Crippen molar-refractivity contribution in [2.75, 3.05) is 18.0 Å². The molecule has 0 saturated carbocycles. The van der Waals surface area contributed by atoms with Gasteiger partial charge in [-0.2, -0.15) is 0 Å². The van der Waals surface area contributed by atoms with Crippen molar-refractivity contribution >= 4 is 28.5 Å². The molecule has 0 unspecified atom stereocenters. The number of nitrogens with zero attached hydrogens (tertiary/aromatic N) is 2. The molecule has 1 saturated heterocycles. The predicted octanol–water partition coefficient (Wildman–Crippen LogP) is 2.93. The summed E-state index contributed by atoms with van der Waals surface area (Å²) in [5.74, 6) is -0.873. The highest BCUT2D eigenvalue weighted by Gasteiger charge is 2.16. The molecule has 1 aliphatic heterocycles. The first kappa shape index (κ1) is 13.1. The van der Waals surface area contributed by atoms with Gasteiger partial charge in [-0.15, -0.1) is 0 Å². The fraction of sp³-hybridized carbons (Fsp3) is 0.538. The van der Waals surface area contributed by atoms with Crippen LogP contribution in [-0.4, -0.2) is 29.1 Å². The lowest BCUT2D eigenvalue weighted by molar-refractivity contribution is -0.132. The molecule has 1 aromatic heterocycles. The molecule has 0 spiro atoms. The monoisotopic (exact) mass is 266 g/mol. The molecule has 0 aliphatic carbocycles. The van der Waals surface area contributed by atoms with Crippen molar-refractivity contribution in [3.8, 4) is 0 Å². The van der Waals surface area contributed by atoms with Gasteiger partial charge in [0, 0.05) is 18.7 Å². The summed E-state index contributed by atoms with van der Waals surface area (Å²) in [4.78, 5) is 18.6. The van der Waals surface area contributed by atoms with E-state index in [9.17, 15) is 4.79 Å². The SMILES string of the molecule is CC(=Cc1sc(N2CCCCC2)nc1C)C(=O)O. The van der Waals surface area contributed by atoms with Gasteiger partial charge in [0.15, 0.2) is 5.13 Å². The topological polar surface area (TPSA) is 53.4 Å². The second-order valence-corrected chi connectivity index (χ2v) is 5.64. The smallest absolute Gasteiger partial charge is 0.331 e. The van der Waals surface area contributed by atoms with Crippen LogP contribution < -0.4 is 4.90 Å². The van der Waals surface area contributed by atoms with Crippen LogP contribution in [0.25, 0.3) is 6.08 Å². The summed E-state index contributed by atoms with van der Waals surface area (Å²) in [5.41, 5.74) is 1.27. The van der Waals surface area contributed by atoms with Crippen LogP contribution in [0.2, 0.25) is 0 Å². The first-order valence-corrected chi connectivity index (χ1v) is 7.03. The summed E-state index contributed by atoms with van der Waals surface area (Å²) in [6, 6.07) is 0. The summed E-state index contributed by atoms with van der Waals surface area (Å²) in [6.45, 7) is 5.68. The lowest BCUT2D eigenvalue weighted by Crippen LogP contribution is -2.29. The van der Waals surface area contributed by atoms with Crippen molar-refractivity contribution in [2.45, 2.75) is 33.1 Å². The van der Waals surface area contributed by atoms with Crippen LogP contribution in [0.3, 0.4) is 0 Å². The molecule has 98 valence electrons. The minimum absolute atomic E-state index is 0.354. The predicted molar refractivity (Wildman–Crippen MR) is 74.2 cm³/mol. The Hall–Kier alpha value is -1.36. The number of carboxylic acid groups (broad SMARTS) is 1. The molecular formula is C13H18N2O2S. The minimum Gasteiger partial charge on any atom is -0.478 e. The van der Waals surface area contributed by atoms with E-state index in [1.54, 1.807) is 24.3 Å². The Morgan fingerprint density at radius 1 is 1.39 bits per heavy atom. The molecule has 0 aromatic carbocycles. The Bertz CT molecular complexity index is 473. The molecule has 2 heterocycles. The second kappa shape index (κ2) is 5.52. The number of hydrogen-bond acceptors (Lipinski definition) is 4. The number of piperidine rings is 1. The van der Waals surface area contributed by atoms with Gasteiger partial charge in [0.1, 0.15) is 0 Å². The van der Waals surface area contributed by atoms with E-state index in [0.29, 0.717) is 5.57 Å². The highest BCUT2D eigenvalue weighted by atomic mass is 32.1. The first-order valence-electron chi connectivity index (χ1n) is 6.22. The highest BCUT2D eigenvalue weighted by Crippen LogP contribution is 2.29. The van der Waals surface area contributed by atoms with Crippen LogP contribution in [0.15, 0.2) is 5.57 Å². The Morgan fingerprint density at radius 3 is 2.67 bits per heavy atom. The Morgan fingerprint density at radius 2 is 2.06 bits per heavy atom. The molecule has 1 N–H and O–H groups in total. The fourth-order valence-corrected chi connectivity index (χ4v) is 3.13. The van der Waals surface area contributed by atoms with Gasteiger partial charge < -0.3 is 10.0 Å². The number of anilines is 1. The average molecular weight is 266 g/mol. The molecule has 18 heavy (non-hydrogen) atoms. The molecule has 2 rings (SSSR count). The number of carboxylic acids is 1. The standard InChI is InChI=1S/C13H18N2O2S/c1-9(12(16)17)8-11-10(2)14-13(18-11)15-6-4-3-5-7-15/h8H,3-7H2,1-2H3,(H,16,17). The summed E-state index contributed by atoms with van der Waals surface area (Å²) in [6.07, 6.45) is 5.45. The zero-order valence-corrected chi connectivity index (χ0v) is 11.6. The lowest BCUT2D eigenvalue weighted by Gasteiger charge is -2.25. The van der Waals surface area contributed by atoms with Crippen LogP contribution in [-0.2, 0) is 4.79 Å². The Balaban J connectivity index is 2.21. The third-order valence-corrected chi connectivity index (χ3v) is 4.30. The van der Waals surface area contributed by atoms with E-state index in [0.717, 1.165) is 28.8 Å². The number of hydrogen-bond donors (Lipinski definition) is 1. The zero-order valence-electron chi connectivity index (χ0n) is 10.8. The van der Waals surface area contributed by atoms with Gasteiger partial charge in [0.05, 0.1) is 10.6 Å². The van der Waals surface area contributed by atoms with E-state index in [1.807, 2.05) is 6.92 Å². The van der Waals surface area contributed by atoms with Gasteiger partial charge in [-0.05, 0) is 39.2 Å². The van der Waals surface area contributed by atoms with E-state index in [1.165, 1.54) is 19.3 Å². The van der Waals surface area contributed by atoms with Gasteiger partial charge in [-0.1, -0.05) is 11.3 Å². The molecule has 4 nitrogen and oxygen atoms in total. The van der Waals surface area contributed by atoms with Crippen LogP contribution >= 0.6 is 11.3 Å². The largest absolute Gasteiger partial charge is 0.478 e. The molecular weight excluding hydrogens is 248 g/mol. The summed E-state index contributed by atoms with van der Waals surface area (Å²) in [7, 11) is 0. The maximum atomic E-state index is 10.8. The van der Waals surface area contributed by atoms with Gasteiger partial charge >= 0.3 is 5.97 Å². The fourth-order valence-electron chi connectivity index (χ4n) is 2.01. The van der Waals surface area contributed by atoms with Crippen LogP contribution in [0.4, 0.5) is 5.13 Å². The second-order valence-electron chi connectivity index (χ2n) is 4.63. The minimum atomic E-state index is -0.873.